The second-order valence-corrected chi connectivity index (χ2v) is 4.77. The van der Waals surface area contributed by atoms with E-state index in [-0.39, 0.29) is 0 Å². The zero-order valence-electron chi connectivity index (χ0n) is 11.4. The molecular formula is C17H16N2O. The molecule has 0 unspecified atom stereocenters. The Hall–Kier alpha value is -2.55. The lowest BCUT2D eigenvalue weighted by molar-refractivity contribution is 0.481. The largest absolute Gasteiger partial charge is 0.454 e. The number of ether oxygens (including phenoxy) is 1. The maximum atomic E-state index is 5.77. The lowest BCUT2D eigenvalue weighted by Gasteiger charge is -2.03. The van der Waals surface area contributed by atoms with Crippen LogP contribution >= 0.6 is 0 Å². The zero-order valence-corrected chi connectivity index (χ0v) is 11.4. The molecule has 1 heterocycles. The maximum Gasteiger partial charge on any atom is 0.165 e. The van der Waals surface area contributed by atoms with Crippen molar-refractivity contribution in [2.75, 3.05) is 0 Å². The SMILES string of the molecule is Cc1ccc(Oc2cnn(Cc3ccccc3)c2)cc1. The van der Waals surface area contributed by atoms with Crippen LogP contribution in [0.2, 0.25) is 0 Å². The Kier molecular flexibility index (Phi) is 3.50. The molecule has 0 fully saturated rings. The van der Waals surface area contributed by atoms with Crippen LogP contribution in [0.3, 0.4) is 0 Å². The second kappa shape index (κ2) is 5.61. The first-order chi connectivity index (χ1) is 9.79. The summed E-state index contributed by atoms with van der Waals surface area (Å²) in [6.45, 7) is 2.81. The highest BCUT2D eigenvalue weighted by Crippen LogP contribution is 2.21. The van der Waals surface area contributed by atoms with Gasteiger partial charge in [-0.2, -0.15) is 5.10 Å². The van der Waals surface area contributed by atoms with Crippen LogP contribution in [-0.2, 0) is 6.54 Å². The van der Waals surface area contributed by atoms with Crippen molar-refractivity contribution >= 4 is 0 Å². The molecule has 0 atom stereocenters. The van der Waals surface area contributed by atoms with Gasteiger partial charge in [0.05, 0.1) is 18.9 Å². The maximum absolute atomic E-state index is 5.77. The molecular weight excluding hydrogens is 248 g/mol. The van der Waals surface area contributed by atoms with Crippen LogP contribution in [0.15, 0.2) is 67.0 Å². The summed E-state index contributed by atoms with van der Waals surface area (Å²) >= 11 is 0. The van der Waals surface area contributed by atoms with Crippen LogP contribution in [0, 0.1) is 6.92 Å². The topological polar surface area (TPSA) is 27.1 Å². The van der Waals surface area contributed by atoms with Gasteiger partial charge < -0.3 is 4.74 Å². The molecule has 0 aliphatic rings. The minimum atomic E-state index is 0.748. The van der Waals surface area contributed by atoms with E-state index in [1.165, 1.54) is 11.1 Å². The molecule has 0 bridgehead atoms. The molecule has 0 amide bonds. The van der Waals surface area contributed by atoms with E-state index in [1.807, 2.05) is 53.3 Å². The van der Waals surface area contributed by atoms with E-state index in [4.69, 9.17) is 4.74 Å². The molecule has 0 spiro atoms. The fourth-order valence-corrected chi connectivity index (χ4v) is 2.00. The van der Waals surface area contributed by atoms with Gasteiger partial charge in [0.1, 0.15) is 5.75 Å². The Labute approximate surface area is 118 Å². The Morgan fingerprint density at radius 2 is 1.70 bits per heavy atom. The first-order valence-corrected chi connectivity index (χ1v) is 6.60. The molecule has 2 aromatic carbocycles. The van der Waals surface area contributed by atoms with E-state index in [0.29, 0.717) is 0 Å². The van der Waals surface area contributed by atoms with Crippen molar-refractivity contribution in [3.8, 4) is 11.5 Å². The summed E-state index contributed by atoms with van der Waals surface area (Å²) in [6.07, 6.45) is 3.65. The lowest BCUT2D eigenvalue weighted by Crippen LogP contribution is -1.99. The van der Waals surface area contributed by atoms with Crippen molar-refractivity contribution < 1.29 is 4.74 Å². The first kappa shape index (κ1) is 12.5. The van der Waals surface area contributed by atoms with Gasteiger partial charge in [-0.1, -0.05) is 48.0 Å². The van der Waals surface area contributed by atoms with Gasteiger partial charge >= 0.3 is 0 Å². The Morgan fingerprint density at radius 3 is 2.45 bits per heavy atom. The third kappa shape index (κ3) is 3.06. The highest BCUT2D eigenvalue weighted by atomic mass is 16.5. The third-order valence-corrected chi connectivity index (χ3v) is 3.05. The van der Waals surface area contributed by atoms with E-state index in [0.717, 1.165) is 18.0 Å². The normalized spacial score (nSPS) is 10.4. The van der Waals surface area contributed by atoms with E-state index < -0.39 is 0 Å². The summed E-state index contributed by atoms with van der Waals surface area (Å²) < 4.78 is 7.64. The fraction of sp³-hybridized carbons (Fsp3) is 0.118. The van der Waals surface area contributed by atoms with Gasteiger partial charge in [0, 0.05) is 0 Å². The molecule has 1 aromatic heterocycles. The number of aromatic nitrogens is 2. The average Bonchev–Trinajstić information content (AvgIpc) is 2.90. The molecule has 100 valence electrons. The van der Waals surface area contributed by atoms with Crippen molar-refractivity contribution in [1.29, 1.82) is 0 Å². The molecule has 0 saturated heterocycles. The van der Waals surface area contributed by atoms with Crippen LogP contribution in [0.1, 0.15) is 11.1 Å². The predicted molar refractivity (Wildman–Crippen MR) is 79.0 cm³/mol. The molecule has 3 nitrogen and oxygen atoms in total. The van der Waals surface area contributed by atoms with Crippen molar-refractivity contribution in [1.82, 2.24) is 9.78 Å². The minimum Gasteiger partial charge on any atom is -0.454 e. The summed E-state index contributed by atoms with van der Waals surface area (Å²) in [5, 5.41) is 4.32. The molecule has 3 heteroatoms. The number of nitrogens with zero attached hydrogens (tertiary/aromatic N) is 2. The highest BCUT2D eigenvalue weighted by molar-refractivity contribution is 5.30. The zero-order chi connectivity index (χ0) is 13.8. The molecule has 0 radical (unpaired) electrons. The van der Waals surface area contributed by atoms with Gasteiger partial charge in [-0.05, 0) is 24.6 Å². The summed E-state index contributed by atoms with van der Waals surface area (Å²) in [6, 6.07) is 18.2. The molecule has 3 aromatic rings. The molecule has 3 rings (SSSR count). The summed E-state index contributed by atoms with van der Waals surface area (Å²) in [5.74, 6) is 1.58. The van der Waals surface area contributed by atoms with Gasteiger partial charge in [-0.25, -0.2) is 0 Å². The average molecular weight is 264 g/mol. The van der Waals surface area contributed by atoms with Gasteiger partial charge in [0.2, 0.25) is 0 Å². The number of hydrogen-bond acceptors (Lipinski definition) is 2. The van der Waals surface area contributed by atoms with E-state index >= 15 is 0 Å². The van der Waals surface area contributed by atoms with Crippen molar-refractivity contribution in [3.63, 3.8) is 0 Å². The van der Waals surface area contributed by atoms with Gasteiger partial charge in [-0.15, -0.1) is 0 Å². The number of hydrogen-bond donors (Lipinski definition) is 0. The van der Waals surface area contributed by atoms with Crippen LogP contribution in [0.4, 0.5) is 0 Å². The van der Waals surface area contributed by atoms with Crippen LogP contribution in [-0.4, -0.2) is 9.78 Å². The quantitative estimate of drug-likeness (QED) is 0.711. The highest BCUT2D eigenvalue weighted by Gasteiger charge is 2.02. The Morgan fingerprint density at radius 1 is 0.950 bits per heavy atom. The lowest BCUT2D eigenvalue weighted by atomic mass is 10.2. The number of aryl methyl sites for hydroxylation is 1. The van der Waals surface area contributed by atoms with E-state index in [1.54, 1.807) is 6.20 Å². The minimum absolute atomic E-state index is 0.748. The van der Waals surface area contributed by atoms with Gasteiger partial charge in [-0.3, -0.25) is 4.68 Å². The van der Waals surface area contributed by atoms with E-state index in [2.05, 4.69) is 24.2 Å². The first-order valence-electron chi connectivity index (χ1n) is 6.60. The molecule has 0 aliphatic heterocycles. The molecule has 0 saturated carbocycles. The molecule has 20 heavy (non-hydrogen) atoms. The van der Waals surface area contributed by atoms with Crippen LogP contribution in [0.25, 0.3) is 0 Å². The summed E-state index contributed by atoms with van der Waals surface area (Å²) in [7, 11) is 0. The van der Waals surface area contributed by atoms with Crippen molar-refractivity contribution in [2.24, 2.45) is 0 Å². The monoisotopic (exact) mass is 264 g/mol. The van der Waals surface area contributed by atoms with E-state index in [9.17, 15) is 0 Å². The molecule has 0 N–H and O–H groups in total. The summed E-state index contributed by atoms with van der Waals surface area (Å²) in [5.41, 5.74) is 2.44. The predicted octanol–water partition coefficient (Wildman–Crippen LogP) is 4.03. The van der Waals surface area contributed by atoms with Crippen LogP contribution in [0.5, 0.6) is 11.5 Å². The standard InChI is InChI=1S/C17H16N2O/c1-14-7-9-16(10-8-14)20-17-11-18-19(13-17)12-15-5-3-2-4-6-15/h2-11,13H,12H2,1H3. The number of benzene rings is 2. The van der Waals surface area contributed by atoms with Gasteiger partial charge in [0.15, 0.2) is 5.75 Å². The summed E-state index contributed by atoms with van der Waals surface area (Å²) in [4.78, 5) is 0. The van der Waals surface area contributed by atoms with Crippen molar-refractivity contribution in [2.45, 2.75) is 13.5 Å². The van der Waals surface area contributed by atoms with Crippen LogP contribution < -0.4 is 4.74 Å². The fourth-order valence-electron chi connectivity index (χ4n) is 2.00. The van der Waals surface area contributed by atoms with Crippen molar-refractivity contribution in [3.05, 3.63) is 78.1 Å². The smallest absolute Gasteiger partial charge is 0.165 e. The van der Waals surface area contributed by atoms with Gasteiger partial charge in [0.25, 0.3) is 0 Å². The Balaban J connectivity index is 1.69. The second-order valence-electron chi connectivity index (χ2n) is 4.77. The molecule has 0 aliphatic carbocycles. The Bertz CT molecular complexity index is 672. The number of rotatable bonds is 4. The third-order valence-electron chi connectivity index (χ3n) is 3.05.